The van der Waals surface area contributed by atoms with Crippen molar-refractivity contribution in [3.05, 3.63) is 58.7 Å². The fourth-order valence-electron chi connectivity index (χ4n) is 5.84. The van der Waals surface area contributed by atoms with Crippen LogP contribution in [0.4, 0.5) is 0 Å². The van der Waals surface area contributed by atoms with Gasteiger partial charge in [0.25, 0.3) is 0 Å². The zero-order valence-corrected chi connectivity index (χ0v) is 18.9. The number of aromatic carboxylic acids is 1. The van der Waals surface area contributed by atoms with E-state index in [0.29, 0.717) is 18.0 Å². The van der Waals surface area contributed by atoms with Gasteiger partial charge in [-0.05, 0) is 62.8 Å². The lowest BCUT2D eigenvalue weighted by Crippen LogP contribution is -2.55. The number of fused-ring (bicyclic) bond motifs is 4. The maximum Gasteiger partial charge on any atom is 0.339 e. The summed E-state index contributed by atoms with van der Waals surface area (Å²) in [4.78, 5) is 13.9. The van der Waals surface area contributed by atoms with Crippen LogP contribution in [0, 0.1) is 18.8 Å². The molecule has 0 saturated carbocycles. The van der Waals surface area contributed by atoms with Crippen molar-refractivity contribution >= 4 is 5.97 Å². The molecule has 0 spiro atoms. The van der Waals surface area contributed by atoms with Gasteiger partial charge in [0.05, 0.1) is 12.2 Å². The number of benzene rings is 2. The van der Waals surface area contributed by atoms with Crippen molar-refractivity contribution in [2.75, 3.05) is 13.1 Å². The number of aryl methyl sites for hydroxylation is 1. The van der Waals surface area contributed by atoms with Gasteiger partial charge in [0, 0.05) is 31.1 Å². The second-order valence-electron chi connectivity index (χ2n) is 10.1. The fourth-order valence-corrected chi connectivity index (χ4v) is 5.84. The van der Waals surface area contributed by atoms with Gasteiger partial charge in [-0.15, -0.1) is 0 Å². The first-order valence-electron chi connectivity index (χ1n) is 11.4. The minimum Gasteiger partial charge on any atom is -0.507 e. The minimum atomic E-state index is -1.10. The molecule has 2 saturated heterocycles. The van der Waals surface area contributed by atoms with Gasteiger partial charge in [-0.25, -0.2) is 4.79 Å². The third kappa shape index (κ3) is 3.65. The zero-order chi connectivity index (χ0) is 22.6. The number of piperidine rings is 1. The van der Waals surface area contributed by atoms with E-state index in [4.69, 9.17) is 9.47 Å². The van der Waals surface area contributed by atoms with E-state index in [9.17, 15) is 15.0 Å². The topological polar surface area (TPSA) is 79.2 Å². The average Bonchev–Trinajstić information content (AvgIpc) is 2.74. The Morgan fingerprint density at radius 1 is 1.25 bits per heavy atom. The Balaban J connectivity index is 1.33. The van der Waals surface area contributed by atoms with Crippen LogP contribution in [0.3, 0.4) is 0 Å². The van der Waals surface area contributed by atoms with E-state index in [-0.39, 0.29) is 35.0 Å². The van der Waals surface area contributed by atoms with E-state index in [1.165, 1.54) is 5.56 Å². The first kappa shape index (κ1) is 21.3. The molecule has 2 aromatic rings. The number of carbonyl (C=O) groups is 1. The Labute approximate surface area is 188 Å². The van der Waals surface area contributed by atoms with E-state index in [1.54, 1.807) is 13.0 Å². The lowest BCUT2D eigenvalue weighted by atomic mass is 9.70. The van der Waals surface area contributed by atoms with E-state index in [1.807, 2.05) is 18.2 Å². The highest BCUT2D eigenvalue weighted by Crippen LogP contribution is 2.52. The summed E-state index contributed by atoms with van der Waals surface area (Å²) in [5.74, 6) is 0.388. The summed E-state index contributed by atoms with van der Waals surface area (Å²) in [7, 11) is 0. The van der Waals surface area contributed by atoms with Gasteiger partial charge in [0.15, 0.2) is 0 Å². The Kier molecular flexibility index (Phi) is 5.18. The summed E-state index contributed by atoms with van der Waals surface area (Å²) in [5.41, 5.74) is 2.35. The fraction of sp³-hybridized carbons (Fsp3) is 0.500. The maximum atomic E-state index is 11.5. The molecule has 0 amide bonds. The lowest BCUT2D eigenvalue weighted by molar-refractivity contribution is -0.187. The van der Waals surface area contributed by atoms with Crippen LogP contribution >= 0.6 is 0 Å². The van der Waals surface area contributed by atoms with Crippen molar-refractivity contribution in [1.82, 2.24) is 4.90 Å². The number of aromatic hydroxyl groups is 1. The summed E-state index contributed by atoms with van der Waals surface area (Å²) in [5, 5.41) is 19.5. The van der Waals surface area contributed by atoms with Crippen molar-refractivity contribution in [3.8, 4) is 11.5 Å². The predicted molar refractivity (Wildman–Crippen MR) is 120 cm³/mol. The lowest BCUT2D eigenvalue weighted by Gasteiger charge is -2.53. The first-order chi connectivity index (χ1) is 15.2. The van der Waals surface area contributed by atoms with Crippen LogP contribution in [-0.4, -0.2) is 45.9 Å². The number of ether oxygens (including phenoxy) is 2. The summed E-state index contributed by atoms with van der Waals surface area (Å²) < 4.78 is 13.1. The van der Waals surface area contributed by atoms with Gasteiger partial charge in [0.1, 0.15) is 22.7 Å². The van der Waals surface area contributed by atoms with Crippen molar-refractivity contribution in [2.24, 2.45) is 11.8 Å². The molecule has 6 nitrogen and oxygen atoms in total. The average molecular weight is 438 g/mol. The van der Waals surface area contributed by atoms with Gasteiger partial charge < -0.3 is 19.7 Å². The van der Waals surface area contributed by atoms with Gasteiger partial charge in [0.2, 0.25) is 0 Å². The smallest absolute Gasteiger partial charge is 0.339 e. The van der Waals surface area contributed by atoms with Crippen LogP contribution in [0.25, 0.3) is 0 Å². The van der Waals surface area contributed by atoms with E-state index in [0.717, 1.165) is 37.2 Å². The Hall–Kier alpha value is -2.57. The van der Waals surface area contributed by atoms with Gasteiger partial charge in [-0.1, -0.05) is 24.3 Å². The first-order valence-corrected chi connectivity index (χ1v) is 11.4. The SMILES string of the molecule is Cc1cc(CN2CC[C@H]3O[C@H]4c5ccccc5OC(C)(C)[C@@H]4C[C@H]3C2)cc(C(=O)O)c1O. The van der Waals surface area contributed by atoms with Crippen LogP contribution in [-0.2, 0) is 11.3 Å². The molecule has 2 aromatic carbocycles. The summed E-state index contributed by atoms with van der Waals surface area (Å²) >= 11 is 0. The molecule has 5 rings (SSSR count). The van der Waals surface area contributed by atoms with Crippen LogP contribution in [0.15, 0.2) is 36.4 Å². The van der Waals surface area contributed by atoms with Crippen LogP contribution < -0.4 is 4.74 Å². The molecule has 170 valence electrons. The van der Waals surface area contributed by atoms with E-state index >= 15 is 0 Å². The molecule has 2 N–H and O–H groups in total. The molecule has 0 unspecified atom stereocenters. The minimum absolute atomic E-state index is 0.0292. The van der Waals surface area contributed by atoms with Crippen molar-refractivity contribution in [2.45, 2.75) is 58.0 Å². The molecular formula is C26H31NO5. The molecule has 0 aliphatic carbocycles. The zero-order valence-electron chi connectivity index (χ0n) is 18.9. The quantitative estimate of drug-likeness (QED) is 0.734. The van der Waals surface area contributed by atoms with Crippen LogP contribution in [0.5, 0.6) is 11.5 Å². The number of rotatable bonds is 3. The maximum absolute atomic E-state index is 11.5. The third-order valence-electron chi connectivity index (χ3n) is 7.48. The molecular weight excluding hydrogens is 406 g/mol. The molecule has 0 radical (unpaired) electrons. The highest BCUT2D eigenvalue weighted by Gasteiger charge is 2.51. The standard InChI is InChI=1S/C26H31NO5/c1-15-10-16(11-19(23(15)28)25(29)30)13-27-9-8-21-17(14-27)12-20-24(31-21)18-6-4-5-7-22(18)32-26(20,2)3/h4-7,10-11,17,20-21,24,28H,8-9,12-14H2,1-3H3,(H,29,30)/t17-,20+,21+,24-/m0/s1. The molecule has 3 aliphatic rings. The normalized spacial score (nSPS) is 28.7. The molecule has 4 atom stereocenters. The number of nitrogens with zero attached hydrogens (tertiary/aromatic N) is 1. The van der Waals surface area contributed by atoms with Crippen molar-refractivity contribution in [3.63, 3.8) is 0 Å². The molecule has 2 fully saturated rings. The van der Waals surface area contributed by atoms with Crippen molar-refractivity contribution in [1.29, 1.82) is 0 Å². The summed E-state index contributed by atoms with van der Waals surface area (Å²) in [6.45, 7) is 8.56. The second-order valence-corrected chi connectivity index (χ2v) is 10.1. The number of carboxylic acids is 1. The number of hydrogen-bond donors (Lipinski definition) is 2. The molecule has 32 heavy (non-hydrogen) atoms. The van der Waals surface area contributed by atoms with Crippen molar-refractivity contribution < 1.29 is 24.5 Å². The van der Waals surface area contributed by atoms with Crippen LogP contribution in [0.1, 0.15) is 59.8 Å². The van der Waals surface area contributed by atoms with Gasteiger partial charge in [-0.3, -0.25) is 4.90 Å². The predicted octanol–water partition coefficient (Wildman–Crippen LogP) is 4.54. The van der Waals surface area contributed by atoms with Gasteiger partial charge >= 0.3 is 5.97 Å². The number of hydrogen-bond acceptors (Lipinski definition) is 5. The second kappa shape index (κ2) is 7.78. The highest BCUT2D eigenvalue weighted by atomic mass is 16.5. The Morgan fingerprint density at radius 3 is 2.81 bits per heavy atom. The molecule has 3 heterocycles. The monoisotopic (exact) mass is 437 g/mol. The molecule has 3 aliphatic heterocycles. The summed E-state index contributed by atoms with van der Waals surface area (Å²) in [6.07, 6.45) is 2.30. The number of phenols is 1. The molecule has 0 aromatic heterocycles. The number of likely N-dealkylation sites (tertiary alicyclic amines) is 1. The Bertz CT molecular complexity index is 1050. The van der Waals surface area contributed by atoms with Gasteiger partial charge in [-0.2, -0.15) is 0 Å². The number of carboxylic acid groups (broad SMARTS) is 1. The summed E-state index contributed by atoms with van der Waals surface area (Å²) in [6, 6.07) is 11.7. The van der Waals surface area contributed by atoms with E-state index in [2.05, 4.69) is 30.9 Å². The molecule has 6 heteroatoms. The van der Waals surface area contributed by atoms with E-state index < -0.39 is 5.97 Å². The number of para-hydroxylation sites is 1. The Morgan fingerprint density at radius 2 is 2.03 bits per heavy atom. The van der Waals surface area contributed by atoms with Crippen LogP contribution in [0.2, 0.25) is 0 Å². The highest BCUT2D eigenvalue weighted by molar-refractivity contribution is 5.91. The third-order valence-corrected chi connectivity index (χ3v) is 7.48. The molecule has 0 bridgehead atoms. The largest absolute Gasteiger partial charge is 0.507 e.